The number of nitrogens with one attached hydrogen (secondary N) is 2. The molecule has 3 heterocycles. The Kier molecular flexibility index (Phi) is 8.07. The van der Waals surface area contributed by atoms with Crippen molar-refractivity contribution >= 4 is 46.4 Å². The van der Waals surface area contributed by atoms with Crippen molar-refractivity contribution in [3.8, 4) is 0 Å². The lowest BCUT2D eigenvalue weighted by molar-refractivity contribution is 0.299. The van der Waals surface area contributed by atoms with E-state index in [0.29, 0.717) is 12.5 Å². The Balaban J connectivity index is 0.00000243. The molecule has 2 aromatic rings. The van der Waals surface area contributed by atoms with Crippen molar-refractivity contribution in [3.63, 3.8) is 0 Å². The van der Waals surface area contributed by atoms with E-state index in [1.807, 2.05) is 19.0 Å². The minimum absolute atomic E-state index is 0. The van der Waals surface area contributed by atoms with Gasteiger partial charge in [-0.1, -0.05) is 0 Å². The van der Waals surface area contributed by atoms with Gasteiger partial charge >= 0.3 is 0 Å². The molecule has 0 spiro atoms. The number of rotatable bonds is 5. The fourth-order valence-electron chi connectivity index (χ4n) is 2.93. The Hall–Kier alpha value is -1.43. The van der Waals surface area contributed by atoms with Crippen LogP contribution in [0.1, 0.15) is 37.2 Å². The molecule has 1 aliphatic heterocycles. The number of nitrogens with zero attached hydrogens (tertiary/aromatic N) is 6. The Morgan fingerprint density at radius 1 is 1.42 bits per heavy atom. The maximum absolute atomic E-state index is 4.79. The summed E-state index contributed by atoms with van der Waals surface area (Å²) in [4.78, 5) is 18.0. The van der Waals surface area contributed by atoms with Crippen molar-refractivity contribution in [2.45, 2.75) is 32.2 Å². The van der Waals surface area contributed by atoms with Gasteiger partial charge in [0.2, 0.25) is 0 Å². The number of aromatic nitrogens is 4. The Labute approximate surface area is 175 Å². The molecule has 1 fully saturated rings. The largest absolute Gasteiger partial charge is 0.357 e. The lowest BCUT2D eigenvalue weighted by Crippen LogP contribution is -2.45. The summed E-state index contributed by atoms with van der Waals surface area (Å²) >= 11 is 1.65. The SMILES string of the molecule is CCNC(=NCc1csc(N(C)C)n1)N1CCC(c2ncn[nH]2)CC1.I. The molecule has 0 radical (unpaired) electrons. The van der Waals surface area contributed by atoms with Gasteiger partial charge in [0.15, 0.2) is 11.1 Å². The van der Waals surface area contributed by atoms with Crippen molar-refractivity contribution in [1.82, 2.24) is 30.4 Å². The minimum Gasteiger partial charge on any atom is -0.357 e. The van der Waals surface area contributed by atoms with Crippen molar-refractivity contribution in [2.24, 2.45) is 4.99 Å². The number of H-pyrrole nitrogens is 1. The summed E-state index contributed by atoms with van der Waals surface area (Å²) in [6.45, 7) is 5.51. The third-order valence-electron chi connectivity index (χ3n) is 4.26. The van der Waals surface area contributed by atoms with Crippen molar-refractivity contribution in [3.05, 3.63) is 23.2 Å². The summed E-state index contributed by atoms with van der Waals surface area (Å²) in [6.07, 6.45) is 3.70. The van der Waals surface area contributed by atoms with E-state index >= 15 is 0 Å². The zero-order valence-electron chi connectivity index (χ0n) is 15.5. The molecule has 10 heteroatoms. The average Bonchev–Trinajstić information content (AvgIpc) is 3.30. The van der Waals surface area contributed by atoms with Gasteiger partial charge in [-0.05, 0) is 19.8 Å². The van der Waals surface area contributed by atoms with Gasteiger partial charge in [-0.3, -0.25) is 5.10 Å². The summed E-state index contributed by atoms with van der Waals surface area (Å²) in [5, 5.41) is 13.5. The lowest BCUT2D eigenvalue weighted by atomic mass is 9.96. The molecule has 2 aromatic heterocycles. The van der Waals surface area contributed by atoms with E-state index in [1.165, 1.54) is 0 Å². The predicted molar refractivity (Wildman–Crippen MR) is 117 cm³/mol. The number of guanidine groups is 1. The van der Waals surface area contributed by atoms with Crippen molar-refractivity contribution in [1.29, 1.82) is 0 Å². The van der Waals surface area contributed by atoms with Crippen LogP contribution in [0, 0.1) is 0 Å². The number of aromatic amines is 1. The highest BCUT2D eigenvalue weighted by Crippen LogP contribution is 2.25. The quantitative estimate of drug-likeness (QED) is 0.380. The van der Waals surface area contributed by atoms with Crippen LogP contribution in [0.25, 0.3) is 0 Å². The highest BCUT2D eigenvalue weighted by Gasteiger charge is 2.24. The highest BCUT2D eigenvalue weighted by atomic mass is 127. The number of piperidine rings is 1. The van der Waals surface area contributed by atoms with Crippen molar-refractivity contribution in [2.75, 3.05) is 38.6 Å². The Bertz CT molecular complexity index is 676. The molecule has 144 valence electrons. The fourth-order valence-corrected chi connectivity index (χ4v) is 3.68. The maximum Gasteiger partial charge on any atom is 0.194 e. The number of hydrogen-bond donors (Lipinski definition) is 2. The van der Waals surface area contributed by atoms with Gasteiger partial charge < -0.3 is 15.1 Å². The molecule has 0 atom stereocenters. The number of thiazole rings is 1. The topological polar surface area (TPSA) is 85.3 Å². The molecule has 0 bridgehead atoms. The van der Waals surface area contributed by atoms with E-state index in [1.54, 1.807) is 17.7 Å². The van der Waals surface area contributed by atoms with E-state index in [9.17, 15) is 0 Å². The van der Waals surface area contributed by atoms with Gasteiger partial charge in [0.25, 0.3) is 0 Å². The number of halogens is 1. The monoisotopic (exact) mass is 490 g/mol. The van der Waals surface area contributed by atoms with E-state index in [4.69, 9.17) is 4.99 Å². The van der Waals surface area contributed by atoms with Crippen LogP contribution in [0.15, 0.2) is 16.7 Å². The highest BCUT2D eigenvalue weighted by molar-refractivity contribution is 14.0. The molecule has 2 N–H and O–H groups in total. The zero-order chi connectivity index (χ0) is 17.6. The van der Waals surface area contributed by atoms with Crippen LogP contribution >= 0.6 is 35.3 Å². The smallest absolute Gasteiger partial charge is 0.194 e. The summed E-state index contributed by atoms with van der Waals surface area (Å²) in [7, 11) is 4.02. The van der Waals surface area contributed by atoms with Crippen LogP contribution in [-0.4, -0.2) is 64.8 Å². The van der Waals surface area contributed by atoms with E-state index < -0.39 is 0 Å². The first-order valence-electron chi connectivity index (χ1n) is 8.67. The minimum atomic E-state index is 0. The first-order chi connectivity index (χ1) is 12.2. The third-order valence-corrected chi connectivity index (χ3v) is 5.32. The second-order valence-electron chi connectivity index (χ2n) is 6.32. The van der Waals surface area contributed by atoms with Crippen LogP contribution in [0.4, 0.5) is 5.13 Å². The molecule has 0 aliphatic carbocycles. The first kappa shape index (κ1) is 20.9. The van der Waals surface area contributed by atoms with E-state index in [-0.39, 0.29) is 24.0 Å². The summed E-state index contributed by atoms with van der Waals surface area (Å²) in [6, 6.07) is 0. The van der Waals surface area contributed by atoms with Gasteiger partial charge in [0.05, 0.1) is 12.2 Å². The Morgan fingerprint density at radius 3 is 2.77 bits per heavy atom. The Morgan fingerprint density at radius 2 is 2.19 bits per heavy atom. The van der Waals surface area contributed by atoms with Crippen LogP contribution in [0.5, 0.6) is 0 Å². The molecule has 0 amide bonds. The molecule has 0 aromatic carbocycles. The molecular formula is C16H27IN8S. The molecule has 0 saturated carbocycles. The van der Waals surface area contributed by atoms with Crippen molar-refractivity contribution < 1.29 is 0 Å². The second-order valence-corrected chi connectivity index (χ2v) is 7.15. The summed E-state index contributed by atoms with van der Waals surface area (Å²) < 4.78 is 0. The van der Waals surface area contributed by atoms with Gasteiger partial charge in [-0.15, -0.1) is 35.3 Å². The van der Waals surface area contributed by atoms with Gasteiger partial charge in [-0.25, -0.2) is 15.0 Å². The maximum atomic E-state index is 4.79. The van der Waals surface area contributed by atoms with Gasteiger partial charge in [0.1, 0.15) is 12.2 Å². The number of aliphatic imine (C=N–C) groups is 1. The number of anilines is 1. The molecule has 3 rings (SSSR count). The molecule has 1 aliphatic rings. The third kappa shape index (κ3) is 5.29. The second kappa shape index (κ2) is 10.0. The normalized spacial score (nSPS) is 15.7. The van der Waals surface area contributed by atoms with E-state index in [2.05, 4.69) is 42.7 Å². The van der Waals surface area contributed by atoms with E-state index in [0.717, 1.165) is 55.1 Å². The standard InChI is InChI=1S/C16H26N8S.HI/c1-4-17-15(18-9-13-10-25-16(21-13)23(2)3)24-7-5-12(6-8-24)14-19-11-20-22-14;/h10-12H,4-9H2,1-3H3,(H,17,18)(H,19,20,22);1H. The molecular weight excluding hydrogens is 463 g/mol. The molecule has 0 unspecified atom stereocenters. The molecule has 1 saturated heterocycles. The fraction of sp³-hybridized carbons (Fsp3) is 0.625. The van der Waals surface area contributed by atoms with Gasteiger partial charge in [0, 0.05) is 45.0 Å². The molecule has 8 nitrogen and oxygen atoms in total. The van der Waals surface area contributed by atoms with Gasteiger partial charge in [-0.2, -0.15) is 5.10 Å². The number of hydrogen-bond acceptors (Lipinski definition) is 6. The van der Waals surface area contributed by atoms with Crippen LogP contribution in [0.2, 0.25) is 0 Å². The molecule has 26 heavy (non-hydrogen) atoms. The summed E-state index contributed by atoms with van der Waals surface area (Å²) in [5.41, 5.74) is 1.01. The van der Waals surface area contributed by atoms with Crippen LogP contribution < -0.4 is 10.2 Å². The lowest BCUT2D eigenvalue weighted by Gasteiger charge is -2.33. The first-order valence-corrected chi connectivity index (χ1v) is 9.55. The predicted octanol–water partition coefficient (Wildman–Crippen LogP) is 2.29. The average molecular weight is 490 g/mol. The summed E-state index contributed by atoms with van der Waals surface area (Å²) in [5.74, 6) is 2.43. The van der Waals surface area contributed by atoms with Crippen LogP contribution in [0.3, 0.4) is 0 Å². The number of likely N-dealkylation sites (tertiary alicyclic amines) is 1. The van der Waals surface area contributed by atoms with Crippen LogP contribution in [-0.2, 0) is 6.54 Å². The zero-order valence-corrected chi connectivity index (χ0v) is 18.6.